The van der Waals surface area contributed by atoms with E-state index in [-0.39, 0.29) is 11.3 Å². The van der Waals surface area contributed by atoms with Gasteiger partial charge in [0.25, 0.3) is 0 Å². The van der Waals surface area contributed by atoms with Crippen LogP contribution in [0.2, 0.25) is 0 Å². The van der Waals surface area contributed by atoms with Crippen molar-refractivity contribution in [3.8, 4) is 5.75 Å². The van der Waals surface area contributed by atoms with Gasteiger partial charge in [-0.25, -0.2) is 9.18 Å². The van der Waals surface area contributed by atoms with Crippen molar-refractivity contribution in [1.29, 1.82) is 0 Å². The lowest BCUT2D eigenvalue weighted by Gasteiger charge is -2.07. The standard InChI is InChI=1S/C9H9FO3/c1-5-3-4-6(9(11)12)7(10)8(5)13-2/h3-4H,1-2H3,(H,11,12). The first-order chi connectivity index (χ1) is 6.07. The van der Waals surface area contributed by atoms with E-state index in [1.54, 1.807) is 6.92 Å². The number of benzene rings is 1. The van der Waals surface area contributed by atoms with Crippen molar-refractivity contribution in [3.63, 3.8) is 0 Å². The molecule has 0 aliphatic heterocycles. The topological polar surface area (TPSA) is 46.5 Å². The number of aromatic carboxylic acids is 1. The number of hydrogen-bond acceptors (Lipinski definition) is 2. The molecule has 1 rings (SSSR count). The zero-order chi connectivity index (χ0) is 10.0. The van der Waals surface area contributed by atoms with Crippen molar-refractivity contribution in [2.75, 3.05) is 7.11 Å². The highest BCUT2D eigenvalue weighted by Gasteiger charge is 2.16. The van der Waals surface area contributed by atoms with Crippen molar-refractivity contribution in [3.05, 3.63) is 29.1 Å². The fourth-order valence-corrected chi connectivity index (χ4v) is 1.07. The molecule has 0 aromatic heterocycles. The quantitative estimate of drug-likeness (QED) is 0.762. The van der Waals surface area contributed by atoms with E-state index in [9.17, 15) is 9.18 Å². The van der Waals surface area contributed by atoms with Gasteiger partial charge in [-0.2, -0.15) is 0 Å². The van der Waals surface area contributed by atoms with Crippen molar-refractivity contribution in [2.45, 2.75) is 6.92 Å². The molecule has 13 heavy (non-hydrogen) atoms. The van der Waals surface area contributed by atoms with Gasteiger partial charge in [-0.3, -0.25) is 0 Å². The Balaban J connectivity index is 3.35. The molecule has 1 aromatic carbocycles. The lowest BCUT2D eigenvalue weighted by Crippen LogP contribution is -2.03. The van der Waals surface area contributed by atoms with E-state index >= 15 is 0 Å². The third kappa shape index (κ3) is 1.61. The van der Waals surface area contributed by atoms with E-state index < -0.39 is 11.8 Å². The summed E-state index contributed by atoms with van der Waals surface area (Å²) in [5, 5.41) is 8.58. The normalized spacial score (nSPS) is 9.77. The van der Waals surface area contributed by atoms with Crippen LogP contribution < -0.4 is 4.74 Å². The van der Waals surface area contributed by atoms with Crippen LogP contribution >= 0.6 is 0 Å². The van der Waals surface area contributed by atoms with Gasteiger partial charge in [-0.15, -0.1) is 0 Å². The summed E-state index contributed by atoms with van der Waals surface area (Å²) in [4.78, 5) is 10.5. The summed E-state index contributed by atoms with van der Waals surface area (Å²) in [6.07, 6.45) is 0. The number of carboxylic acid groups (broad SMARTS) is 1. The number of methoxy groups -OCH3 is 1. The molecule has 0 aliphatic carbocycles. The van der Waals surface area contributed by atoms with E-state index in [1.807, 2.05) is 0 Å². The first-order valence-electron chi connectivity index (χ1n) is 3.64. The number of carbonyl (C=O) groups is 1. The fourth-order valence-electron chi connectivity index (χ4n) is 1.07. The van der Waals surface area contributed by atoms with Crippen LogP contribution in [-0.2, 0) is 0 Å². The molecule has 0 radical (unpaired) electrons. The summed E-state index contributed by atoms with van der Waals surface area (Å²) in [7, 11) is 1.30. The molecule has 0 unspecified atom stereocenters. The largest absolute Gasteiger partial charge is 0.493 e. The third-order valence-corrected chi connectivity index (χ3v) is 1.73. The predicted molar refractivity (Wildman–Crippen MR) is 44.6 cm³/mol. The van der Waals surface area contributed by atoms with Gasteiger partial charge >= 0.3 is 5.97 Å². The summed E-state index contributed by atoms with van der Waals surface area (Å²) in [6, 6.07) is 2.72. The molecule has 3 nitrogen and oxygen atoms in total. The van der Waals surface area contributed by atoms with Crippen LogP contribution in [0.4, 0.5) is 4.39 Å². The number of carboxylic acids is 1. The molecular formula is C9H9FO3. The van der Waals surface area contributed by atoms with Gasteiger partial charge in [0.15, 0.2) is 11.6 Å². The van der Waals surface area contributed by atoms with Crippen LogP contribution in [-0.4, -0.2) is 18.2 Å². The monoisotopic (exact) mass is 184 g/mol. The third-order valence-electron chi connectivity index (χ3n) is 1.73. The molecule has 0 atom stereocenters. The van der Waals surface area contributed by atoms with Crippen LogP contribution in [0.3, 0.4) is 0 Å². The number of aryl methyl sites for hydroxylation is 1. The molecule has 0 spiro atoms. The minimum Gasteiger partial charge on any atom is -0.493 e. The smallest absolute Gasteiger partial charge is 0.338 e. The molecule has 0 aliphatic rings. The van der Waals surface area contributed by atoms with Gasteiger partial charge in [0.05, 0.1) is 12.7 Å². The Morgan fingerprint density at radius 1 is 1.54 bits per heavy atom. The van der Waals surface area contributed by atoms with E-state index in [2.05, 4.69) is 0 Å². The van der Waals surface area contributed by atoms with Crippen LogP contribution in [0.5, 0.6) is 5.75 Å². The van der Waals surface area contributed by atoms with E-state index in [4.69, 9.17) is 9.84 Å². The van der Waals surface area contributed by atoms with Crippen molar-refractivity contribution >= 4 is 5.97 Å². The highest BCUT2D eigenvalue weighted by Crippen LogP contribution is 2.24. The minimum absolute atomic E-state index is 0.0140. The Bertz CT molecular complexity index is 347. The number of ether oxygens (including phenoxy) is 1. The molecule has 1 N–H and O–H groups in total. The molecule has 0 amide bonds. The summed E-state index contributed by atoms with van der Waals surface area (Å²) in [6.45, 7) is 1.65. The molecule has 0 fully saturated rings. The lowest BCUT2D eigenvalue weighted by atomic mass is 10.1. The Hall–Kier alpha value is -1.58. The van der Waals surface area contributed by atoms with Gasteiger partial charge in [-0.05, 0) is 18.6 Å². The van der Waals surface area contributed by atoms with Crippen LogP contribution in [0.15, 0.2) is 12.1 Å². The predicted octanol–water partition coefficient (Wildman–Crippen LogP) is 1.84. The molecule has 0 saturated heterocycles. The second kappa shape index (κ2) is 3.43. The van der Waals surface area contributed by atoms with Gasteiger partial charge in [0.1, 0.15) is 0 Å². The average Bonchev–Trinajstić information content (AvgIpc) is 2.04. The van der Waals surface area contributed by atoms with Gasteiger partial charge in [-0.1, -0.05) is 6.07 Å². The number of hydrogen-bond donors (Lipinski definition) is 1. The van der Waals surface area contributed by atoms with Crippen LogP contribution in [0.1, 0.15) is 15.9 Å². The molecule has 70 valence electrons. The summed E-state index contributed by atoms with van der Waals surface area (Å²) in [5.74, 6) is -2.13. The summed E-state index contributed by atoms with van der Waals surface area (Å²) < 4.78 is 18.0. The van der Waals surface area contributed by atoms with Gasteiger partial charge in [0.2, 0.25) is 0 Å². The summed E-state index contributed by atoms with van der Waals surface area (Å²) >= 11 is 0. The maximum Gasteiger partial charge on any atom is 0.338 e. The Morgan fingerprint density at radius 2 is 2.15 bits per heavy atom. The van der Waals surface area contributed by atoms with E-state index in [0.717, 1.165) is 0 Å². The summed E-state index contributed by atoms with van der Waals surface area (Å²) in [5.41, 5.74) is 0.201. The molecule has 0 saturated carbocycles. The highest BCUT2D eigenvalue weighted by atomic mass is 19.1. The SMILES string of the molecule is COc1c(C)ccc(C(=O)O)c1F. The molecule has 0 bridgehead atoms. The average molecular weight is 184 g/mol. The zero-order valence-corrected chi connectivity index (χ0v) is 7.30. The number of rotatable bonds is 2. The highest BCUT2D eigenvalue weighted by molar-refractivity contribution is 5.88. The first kappa shape index (κ1) is 9.51. The number of halogens is 1. The van der Waals surface area contributed by atoms with Crippen LogP contribution in [0.25, 0.3) is 0 Å². The van der Waals surface area contributed by atoms with E-state index in [0.29, 0.717) is 5.56 Å². The van der Waals surface area contributed by atoms with Gasteiger partial charge < -0.3 is 9.84 Å². The van der Waals surface area contributed by atoms with Crippen molar-refractivity contribution in [2.24, 2.45) is 0 Å². The van der Waals surface area contributed by atoms with Crippen LogP contribution in [0, 0.1) is 12.7 Å². The minimum atomic E-state index is -1.30. The fraction of sp³-hybridized carbons (Fsp3) is 0.222. The van der Waals surface area contributed by atoms with Crippen molar-refractivity contribution in [1.82, 2.24) is 0 Å². The maximum absolute atomic E-state index is 13.3. The lowest BCUT2D eigenvalue weighted by molar-refractivity contribution is 0.0691. The second-order valence-electron chi connectivity index (χ2n) is 2.58. The molecular weight excluding hydrogens is 175 g/mol. The molecule has 1 aromatic rings. The first-order valence-corrected chi connectivity index (χ1v) is 3.64. The van der Waals surface area contributed by atoms with Gasteiger partial charge in [0, 0.05) is 0 Å². The van der Waals surface area contributed by atoms with E-state index in [1.165, 1.54) is 19.2 Å². The second-order valence-corrected chi connectivity index (χ2v) is 2.58. The Labute approximate surface area is 74.8 Å². The Morgan fingerprint density at radius 3 is 2.62 bits per heavy atom. The molecule has 0 heterocycles. The molecule has 4 heteroatoms. The zero-order valence-electron chi connectivity index (χ0n) is 7.30. The van der Waals surface area contributed by atoms with Crippen molar-refractivity contribution < 1.29 is 19.0 Å². The Kier molecular flexibility index (Phi) is 2.51. The maximum atomic E-state index is 13.3.